The van der Waals surface area contributed by atoms with Crippen LogP contribution < -0.4 is 5.32 Å². The van der Waals surface area contributed by atoms with Crippen LogP contribution in [-0.4, -0.2) is 43.2 Å². The Hall–Kier alpha value is -1.17. The second-order valence-electron chi connectivity index (χ2n) is 7.08. The summed E-state index contributed by atoms with van der Waals surface area (Å²) in [5.41, 5.74) is 0.569. The van der Waals surface area contributed by atoms with Gasteiger partial charge in [-0.1, -0.05) is 17.7 Å². The van der Waals surface area contributed by atoms with E-state index in [4.69, 9.17) is 16.3 Å². The summed E-state index contributed by atoms with van der Waals surface area (Å²) >= 11 is 6.11. The van der Waals surface area contributed by atoms with Gasteiger partial charge in [-0.15, -0.1) is 0 Å². The predicted molar refractivity (Wildman–Crippen MR) is 96.0 cm³/mol. The minimum atomic E-state index is -0.245. The Kier molecular flexibility index (Phi) is 6.68. The van der Waals surface area contributed by atoms with Gasteiger partial charge >= 0.3 is 0 Å². The summed E-state index contributed by atoms with van der Waals surface area (Å²) in [6, 6.07) is 5.08. The molecule has 0 saturated carbocycles. The number of ether oxygens (including phenoxy) is 1. The van der Waals surface area contributed by atoms with Crippen LogP contribution in [-0.2, 0) is 16.1 Å². The molecule has 1 amide bonds. The van der Waals surface area contributed by atoms with Crippen LogP contribution >= 0.6 is 11.6 Å². The van der Waals surface area contributed by atoms with Crippen molar-refractivity contribution in [3.05, 3.63) is 34.6 Å². The lowest BCUT2D eigenvalue weighted by Gasteiger charge is -2.32. The summed E-state index contributed by atoms with van der Waals surface area (Å²) in [6.07, 6.45) is 4.34. The molecule has 138 valence electrons. The number of halogens is 2. The fourth-order valence-electron chi connectivity index (χ4n) is 3.65. The molecular weight excluding hydrogens is 343 g/mol. The van der Waals surface area contributed by atoms with Crippen molar-refractivity contribution in [2.75, 3.05) is 26.3 Å². The van der Waals surface area contributed by atoms with E-state index in [0.29, 0.717) is 29.5 Å². The van der Waals surface area contributed by atoms with Crippen molar-refractivity contribution in [1.82, 2.24) is 10.2 Å². The highest BCUT2D eigenvalue weighted by molar-refractivity contribution is 6.31. The van der Waals surface area contributed by atoms with Gasteiger partial charge in [-0.3, -0.25) is 9.69 Å². The first kappa shape index (κ1) is 18.6. The number of hydrogen-bond donors (Lipinski definition) is 1. The molecule has 3 rings (SSSR count). The standard InChI is InChI=1S/C19H26ClFN2O2/c20-17-2-1-3-18(21)16(17)13-23-8-4-14(5-9-23)12-19(24)22-15-6-10-25-11-7-15/h1-3,14-15H,4-13H2,(H,22,24). The minimum absolute atomic E-state index is 0.155. The lowest BCUT2D eigenvalue weighted by molar-refractivity contribution is -0.123. The van der Waals surface area contributed by atoms with Crippen molar-refractivity contribution in [2.45, 2.75) is 44.7 Å². The molecule has 25 heavy (non-hydrogen) atoms. The third-order valence-corrected chi connectivity index (χ3v) is 5.57. The number of likely N-dealkylation sites (tertiary alicyclic amines) is 1. The van der Waals surface area contributed by atoms with Crippen molar-refractivity contribution in [1.29, 1.82) is 0 Å². The summed E-state index contributed by atoms with van der Waals surface area (Å²) in [7, 11) is 0. The van der Waals surface area contributed by atoms with E-state index in [-0.39, 0.29) is 17.8 Å². The van der Waals surface area contributed by atoms with Crippen LogP contribution in [0.4, 0.5) is 4.39 Å². The van der Waals surface area contributed by atoms with Gasteiger partial charge in [-0.2, -0.15) is 0 Å². The van der Waals surface area contributed by atoms with Gasteiger partial charge in [-0.25, -0.2) is 4.39 Å². The Morgan fingerprint density at radius 1 is 1.24 bits per heavy atom. The van der Waals surface area contributed by atoms with Gasteiger partial charge in [0.2, 0.25) is 5.91 Å². The van der Waals surface area contributed by atoms with Gasteiger partial charge in [0.25, 0.3) is 0 Å². The zero-order valence-electron chi connectivity index (χ0n) is 14.5. The van der Waals surface area contributed by atoms with Gasteiger partial charge < -0.3 is 10.1 Å². The fraction of sp³-hybridized carbons (Fsp3) is 0.632. The summed E-state index contributed by atoms with van der Waals surface area (Å²) in [5.74, 6) is 0.320. The summed E-state index contributed by atoms with van der Waals surface area (Å²) in [6.45, 7) is 3.76. The van der Waals surface area contributed by atoms with Crippen molar-refractivity contribution in [3.63, 3.8) is 0 Å². The van der Waals surface area contributed by atoms with E-state index in [0.717, 1.165) is 52.0 Å². The molecular formula is C19H26ClFN2O2. The summed E-state index contributed by atoms with van der Waals surface area (Å²) in [5, 5.41) is 3.62. The van der Waals surface area contributed by atoms with E-state index in [1.54, 1.807) is 12.1 Å². The maximum absolute atomic E-state index is 13.9. The fourth-order valence-corrected chi connectivity index (χ4v) is 3.87. The molecule has 1 N–H and O–H groups in total. The Labute approximate surface area is 153 Å². The Bertz CT molecular complexity index is 565. The van der Waals surface area contributed by atoms with E-state index in [1.807, 2.05) is 0 Å². The molecule has 2 heterocycles. The Balaban J connectivity index is 1.41. The van der Waals surface area contributed by atoms with Crippen LogP contribution in [0, 0.1) is 11.7 Å². The van der Waals surface area contributed by atoms with E-state index < -0.39 is 0 Å². The molecule has 0 atom stereocenters. The highest BCUT2D eigenvalue weighted by atomic mass is 35.5. The van der Waals surface area contributed by atoms with Gasteiger partial charge in [0.15, 0.2) is 0 Å². The molecule has 0 spiro atoms. The van der Waals surface area contributed by atoms with Crippen LogP contribution in [0.3, 0.4) is 0 Å². The second-order valence-corrected chi connectivity index (χ2v) is 7.49. The molecule has 1 aromatic rings. The maximum Gasteiger partial charge on any atom is 0.220 e. The van der Waals surface area contributed by atoms with E-state index >= 15 is 0 Å². The zero-order valence-corrected chi connectivity index (χ0v) is 15.2. The number of rotatable bonds is 5. The molecule has 6 heteroatoms. The number of hydrogen-bond acceptors (Lipinski definition) is 3. The second kappa shape index (κ2) is 8.97. The molecule has 0 aromatic heterocycles. The predicted octanol–water partition coefficient (Wildman–Crippen LogP) is 3.38. The Morgan fingerprint density at radius 3 is 2.64 bits per heavy atom. The van der Waals surface area contributed by atoms with E-state index in [9.17, 15) is 9.18 Å². The molecule has 1 aromatic carbocycles. The highest BCUT2D eigenvalue weighted by Gasteiger charge is 2.24. The van der Waals surface area contributed by atoms with Gasteiger partial charge in [0, 0.05) is 42.8 Å². The molecule has 2 saturated heterocycles. The first-order valence-electron chi connectivity index (χ1n) is 9.14. The van der Waals surface area contributed by atoms with Crippen molar-refractivity contribution >= 4 is 17.5 Å². The van der Waals surface area contributed by atoms with Gasteiger partial charge in [-0.05, 0) is 56.8 Å². The van der Waals surface area contributed by atoms with Crippen LogP contribution in [0.2, 0.25) is 5.02 Å². The van der Waals surface area contributed by atoms with Crippen molar-refractivity contribution in [3.8, 4) is 0 Å². The molecule has 2 fully saturated rings. The van der Waals surface area contributed by atoms with Crippen molar-refractivity contribution in [2.24, 2.45) is 5.92 Å². The number of benzene rings is 1. The molecule has 2 aliphatic rings. The van der Waals surface area contributed by atoms with Crippen LogP contribution in [0.15, 0.2) is 18.2 Å². The first-order valence-corrected chi connectivity index (χ1v) is 9.52. The Morgan fingerprint density at radius 2 is 1.96 bits per heavy atom. The maximum atomic E-state index is 13.9. The average molecular weight is 369 g/mol. The normalized spacial score (nSPS) is 20.6. The third kappa shape index (κ3) is 5.40. The largest absolute Gasteiger partial charge is 0.381 e. The number of nitrogens with one attached hydrogen (secondary N) is 1. The lowest BCUT2D eigenvalue weighted by Crippen LogP contribution is -2.41. The van der Waals surface area contributed by atoms with E-state index in [1.165, 1.54) is 6.07 Å². The minimum Gasteiger partial charge on any atom is -0.381 e. The number of nitrogens with zero attached hydrogens (tertiary/aromatic N) is 1. The number of amides is 1. The summed E-state index contributed by atoms with van der Waals surface area (Å²) in [4.78, 5) is 14.4. The summed E-state index contributed by atoms with van der Waals surface area (Å²) < 4.78 is 19.2. The highest BCUT2D eigenvalue weighted by Crippen LogP contribution is 2.25. The van der Waals surface area contributed by atoms with Crippen LogP contribution in [0.5, 0.6) is 0 Å². The average Bonchev–Trinajstić information content (AvgIpc) is 2.60. The van der Waals surface area contributed by atoms with Gasteiger partial charge in [0.1, 0.15) is 5.82 Å². The molecule has 0 bridgehead atoms. The molecule has 2 aliphatic heterocycles. The van der Waals surface area contributed by atoms with Crippen LogP contribution in [0.25, 0.3) is 0 Å². The van der Waals surface area contributed by atoms with E-state index in [2.05, 4.69) is 10.2 Å². The van der Waals surface area contributed by atoms with Crippen LogP contribution in [0.1, 0.15) is 37.7 Å². The number of piperidine rings is 1. The third-order valence-electron chi connectivity index (χ3n) is 5.21. The lowest BCUT2D eigenvalue weighted by atomic mass is 9.92. The molecule has 4 nitrogen and oxygen atoms in total. The van der Waals surface area contributed by atoms with Gasteiger partial charge in [0.05, 0.1) is 0 Å². The number of carbonyl (C=O) groups excluding carboxylic acids is 1. The zero-order chi connectivity index (χ0) is 17.6. The molecule has 0 radical (unpaired) electrons. The first-order chi connectivity index (χ1) is 12.1. The SMILES string of the molecule is O=C(CC1CCN(Cc2c(F)cccc2Cl)CC1)NC1CCOCC1. The monoisotopic (exact) mass is 368 g/mol. The topological polar surface area (TPSA) is 41.6 Å². The molecule has 0 unspecified atom stereocenters. The molecule has 0 aliphatic carbocycles. The quantitative estimate of drug-likeness (QED) is 0.866. The van der Waals surface area contributed by atoms with Crippen molar-refractivity contribution < 1.29 is 13.9 Å². The number of carbonyl (C=O) groups is 1. The smallest absolute Gasteiger partial charge is 0.220 e.